The zero-order chi connectivity index (χ0) is 5.24. The molecule has 2 saturated heterocycles. The molecule has 2 fully saturated rings. The van der Waals surface area contributed by atoms with Gasteiger partial charge in [-0.2, -0.15) is 0 Å². The normalized spacial score (nSPS) is 43.3. The Labute approximate surface area is 62.0 Å². The molecular formula is C4H14Cl2N2Pd. The fourth-order valence-corrected chi connectivity index (χ4v) is 14.8. The van der Waals surface area contributed by atoms with Crippen molar-refractivity contribution in [1.29, 1.82) is 0 Å². The van der Waals surface area contributed by atoms with E-state index in [2.05, 4.69) is 0 Å². The van der Waals surface area contributed by atoms with Gasteiger partial charge in [0.1, 0.15) is 0 Å². The first-order chi connectivity index (χ1) is 2.97. The Balaban J connectivity index is 0.000000320. The monoisotopic (exact) mass is 266 g/mol. The van der Waals surface area contributed by atoms with Crippen molar-refractivity contribution in [2.45, 2.75) is 19.6 Å². The average molecular weight is 267 g/mol. The summed E-state index contributed by atoms with van der Waals surface area (Å²) >= 11 is -2.47. The van der Waals surface area contributed by atoms with Gasteiger partial charge in [-0.05, 0) is 0 Å². The van der Waals surface area contributed by atoms with E-state index in [1.54, 1.807) is 0 Å². The molecule has 2 aliphatic rings. The topological polar surface area (TPSA) is 70.0 Å². The van der Waals surface area contributed by atoms with Crippen LogP contribution in [-0.4, -0.2) is 0 Å². The molecule has 0 amide bonds. The van der Waals surface area contributed by atoms with Crippen LogP contribution in [0.1, 0.15) is 0 Å². The van der Waals surface area contributed by atoms with Crippen LogP contribution in [0.2, 0.25) is 19.6 Å². The van der Waals surface area contributed by atoms with Gasteiger partial charge < -0.3 is 12.3 Å². The summed E-state index contributed by atoms with van der Waals surface area (Å²) in [6, 6.07) is 0. The summed E-state index contributed by atoms with van der Waals surface area (Å²) < 4.78 is 0. The zero-order valence-electron chi connectivity index (χ0n) is 5.31. The van der Waals surface area contributed by atoms with E-state index in [1.165, 1.54) is 19.6 Å². The molecule has 0 saturated carbocycles. The van der Waals surface area contributed by atoms with Crippen LogP contribution in [0.25, 0.3) is 0 Å². The second-order valence-corrected chi connectivity index (χ2v) is 23.8. The van der Waals surface area contributed by atoms with Gasteiger partial charge in [-0.15, -0.1) is 0 Å². The van der Waals surface area contributed by atoms with Crippen molar-refractivity contribution in [2.75, 3.05) is 0 Å². The third-order valence-electron chi connectivity index (χ3n) is 1.69. The summed E-state index contributed by atoms with van der Waals surface area (Å²) in [5.74, 6) is 0. The van der Waals surface area contributed by atoms with Crippen molar-refractivity contribution in [1.82, 2.24) is 12.3 Å². The summed E-state index contributed by atoms with van der Waals surface area (Å²) in [5.41, 5.74) is 0. The van der Waals surface area contributed by atoms with E-state index in [-0.39, 0.29) is 12.3 Å². The maximum absolute atomic E-state index is 6.19. The molecule has 0 aliphatic carbocycles. The van der Waals surface area contributed by atoms with Gasteiger partial charge in [0, 0.05) is 0 Å². The minimum absolute atomic E-state index is 0. The Hall–Kier alpha value is 1.16. The zero-order valence-corrected chi connectivity index (χ0v) is 8.38. The van der Waals surface area contributed by atoms with E-state index in [1.807, 2.05) is 0 Å². The van der Waals surface area contributed by atoms with E-state index in [0.29, 0.717) is 0 Å². The van der Waals surface area contributed by atoms with Crippen LogP contribution in [0.15, 0.2) is 0 Å². The SMILES string of the molecule is N.N.[Cl][Pd]12([Cl])([CH2][CH2]1)[CH2][CH2]2. The van der Waals surface area contributed by atoms with Crippen LogP contribution in [-0.2, 0) is 11.1 Å². The molecule has 6 N–H and O–H groups in total. The Bertz CT molecular complexity index is 130. The first-order valence-corrected chi connectivity index (χ1v) is 10.5. The summed E-state index contributed by atoms with van der Waals surface area (Å²) in [4.78, 5) is 4.75. The number of rotatable bonds is 0. The van der Waals surface area contributed by atoms with Crippen molar-refractivity contribution >= 4 is 19.1 Å². The van der Waals surface area contributed by atoms with Crippen molar-refractivity contribution in [3.8, 4) is 0 Å². The number of hydrogen-bond donors (Lipinski definition) is 2. The van der Waals surface area contributed by atoms with Crippen molar-refractivity contribution in [2.24, 2.45) is 0 Å². The fraction of sp³-hybridized carbons (Fsp3) is 1.00. The predicted octanol–water partition coefficient (Wildman–Crippen LogP) is 3.54. The molecule has 2 rings (SSSR count). The van der Waals surface area contributed by atoms with Gasteiger partial charge in [-0.3, -0.25) is 0 Å². The third-order valence-corrected chi connectivity index (χ3v) is 15.6. The van der Waals surface area contributed by atoms with Gasteiger partial charge in [-0.1, -0.05) is 0 Å². The molecule has 0 aromatic rings. The summed E-state index contributed by atoms with van der Waals surface area (Å²) in [6.45, 7) is 0. The third kappa shape index (κ3) is 1.28. The van der Waals surface area contributed by atoms with E-state index < -0.39 is 11.1 Å². The molecule has 9 heavy (non-hydrogen) atoms. The predicted molar refractivity (Wildman–Crippen MR) is 41.0 cm³/mol. The molecule has 0 radical (unpaired) electrons. The molecule has 0 unspecified atom stereocenters. The molecule has 5 heteroatoms. The van der Waals surface area contributed by atoms with Gasteiger partial charge in [0.05, 0.1) is 0 Å². The number of halogens is 2. The summed E-state index contributed by atoms with van der Waals surface area (Å²) in [7, 11) is 12.4. The van der Waals surface area contributed by atoms with Crippen molar-refractivity contribution in [3.63, 3.8) is 0 Å². The molecule has 1 spiro atoms. The van der Waals surface area contributed by atoms with Crippen LogP contribution in [0, 0.1) is 0 Å². The minimum atomic E-state index is -2.47. The second-order valence-electron chi connectivity index (χ2n) is 2.30. The molecule has 0 aromatic heterocycles. The van der Waals surface area contributed by atoms with E-state index in [0.717, 1.165) is 0 Å². The van der Waals surface area contributed by atoms with Gasteiger partial charge >= 0.3 is 49.7 Å². The quantitative estimate of drug-likeness (QED) is 0.659. The van der Waals surface area contributed by atoms with Crippen LogP contribution >= 0.6 is 19.1 Å². The maximum atomic E-state index is 6.19. The summed E-state index contributed by atoms with van der Waals surface area (Å²) in [6.07, 6.45) is 0. The summed E-state index contributed by atoms with van der Waals surface area (Å²) in [5, 5.41) is 0. The molecule has 2 aliphatic heterocycles. The fourth-order valence-electron chi connectivity index (χ4n) is 0.533. The van der Waals surface area contributed by atoms with Crippen LogP contribution in [0.4, 0.5) is 0 Å². The Morgan fingerprint density at radius 2 is 1.00 bits per heavy atom. The van der Waals surface area contributed by atoms with Crippen LogP contribution in [0.3, 0.4) is 0 Å². The molecule has 0 bridgehead atoms. The van der Waals surface area contributed by atoms with Gasteiger partial charge in [0.2, 0.25) is 0 Å². The van der Waals surface area contributed by atoms with Gasteiger partial charge in [0.15, 0.2) is 0 Å². The molecule has 2 heterocycles. The van der Waals surface area contributed by atoms with Gasteiger partial charge in [0.25, 0.3) is 0 Å². The molecule has 0 aromatic carbocycles. The van der Waals surface area contributed by atoms with Crippen LogP contribution in [0.5, 0.6) is 0 Å². The molecular weight excluding hydrogens is 253 g/mol. The van der Waals surface area contributed by atoms with E-state index in [9.17, 15) is 0 Å². The van der Waals surface area contributed by atoms with Gasteiger partial charge in [-0.25, -0.2) is 0 Å². The molecule has 0 atom stereocenters. The average Bonchev–Trinajstić information content (AvgIpc) is 2.29. The molecule has 64 valence electrons. The molecule has 2 nitrogen and oxygen atoms in total. The van der Waals surface area contributed by atoms with E-state index >= 15 is 0 Å². The Morgan fingerprint density at radius 3 is 1.00 bits per heavy atom. The van der Waals surface area contributed by atoms with Crippen LogP contribution < -0.4 is 12.3 Å². The van der Waals surface area contributed by atoms with E-state index in [4.69, 9.17) is 19.1 Å². The Morgan fingerprint density at radius 1 is 0.778 bits per heavy atom. The second kappa shape index (κ2) is 1.50. The first kappa shape index (κ1) is 10.2. The van der Waals surface area contributed by atoms with Crippen molar-refractivity contribution < 1.29 is 11.1 Å². The number of hydrogen-bond acceptors (Lipinski definition) is 2. The standard InChI is InChI=1S/2C2H4.2ClH.2H3N.Pd/c2*1-2;;;;;/h2*1-2H2;2*1H;2*1H3;/q;;;;;;+2/p-2. The Kier molecular flexibility index (Phi) is 1.70. The first-order valence-electron chi connectivity index (χ1n) is 2.13. The van der Waals surface area contributed by atoms with Crippen molar-refractivity contribution in [3.05, 3.63) is 0 Å².